The van der Waals surface area contributed by atoms with E-state index < -0.39 is 10.9 Å². The Labute approximate surface area is 116 Å². The monoisotopic (exact) mass is 283 g/mol. The summed E-state index contributed by atoms with van der Waals surface area (Å²) in [6.45, 7) is 4.49. The average Bonchev–Trinajstić information content (AvgIpc) is 2.42. The molecule has 0 atom stereocenters. The smallest absolute Gasteiger partial charge is 0.356 e. The Hall–Kier alpha value is -2.22. The van der Waals surface area contributed by atoms with Crippen LogP contribution >= 0.6 is 0 Å². The second-order valence-electron chi connectivity index (χ2n) is 4.16. The largest absolute Gasteiger partial charge is 0.464 e. The van der Waals surface area contributed by atoms with Gasteiger partial charge in [-0.15, -0.1) is 0 Å². The van der Waals surface area contributed by atoms with Crippen molar-refractivity contribution in [2.24, 2.45) is 0 Å². The zero-order chi connectivity index (χ0) is 15.1. The molecule has 0 radical (unpaired) electrons. The van der Waals surface area contributed by atoms with Gasteiger partial charge in [-0.3, -0.25) is 10.1 Å². The Bertz CT molecular complexity index is 490. The Balaban J connectivity index is 2.83. The molecule has 1 rings (SSSR count). The fourth-order valence-corrected chi connectivity index (χ4v) is 1.41. The molecule has 110 valence electrons. The highest BCUT2D eigenvalue weighted by atomic mass is 16.6. The van der Waals surface area contributed by atoms with Crippen LogP contribution in [-0.2, 0) is 9.47 Å². The molecule has 0 aliphatic carbocycles. The maximum Gasteiger partial charge on any atom is 0.356 e. The molecule has 8 nitrogen and oxygen atoms in total. The van der Waals surface area contributed by atoms with Crippen molar-refractivity contribution in [2.45, 2.75) is 20.0 Å². The van der Waals surface area contributed by atoms with Crippen LogP contribution in [0, 0.1) is 10.1 Å². The van der Waals surface area contributed by atoms with Gasteiger partial charge in [-0.1, -0.05) is 0 Å². The van der Waals surface area contributed by atoms with Gasteiger partial charge in [-0.2, -0.15) is 0 Å². The maximum atomic E-state index is 11.4. The van der Waals surface area contributed by atoms with Crippen molar-refractivity contribution in [3.8, 4) is 0 Å². The first-order valence-corrected chi connectivity index (χ1v) is 6.05. The molecule has 0 aromatic carbocycles. The first kappa shape index (κ1) is 15.8. The third-order valence-corrected chi connectivity index (χ3v) is 2.31. The molecular weight excluding hydrogens is 266 g/mol. The highest BCUT2D eigenvalue weighted by Gasteiger charge is 2.18. The summed E-state index contributed by atoms with van der Waals surface area (Å²) in [6, 6.07) is 2.46. The molecule has 1 aromatic heterocycles. The first-order chi connectivity index (χ1) is 9.45. The molecular formula is C12H17N3O5. The minimum Gasteiger partial charge on any atom is -0.464 e. The van der Waals surface area contributed by atoms with Gasteiger partial charge in [0.1, 0.15) is 0 Å². The lowest BCUT2D eigenvalue weighted by Gasteiger charge is -2.09. The molecule has 1 N–H and O–H groups in total. The summed E-state index contributed by atoms with van der Waals surface area (Å²) in [6.07, 6.45) is 0.0705. The Kier molecular flexibility index (Phi) is 5.85. The summed E-state index contributed by atoms with van der Waals surface area (Å²) in [5.74, 6) is -0.633. The number of aromatic nitrogens is 1. The Morgan fingerprint density at radius 1 is 1.50 bits per heavy atom. The summed E-state index contributed by atoms with van der Waals surface area (Å²) in [4.78, 5) is 25.6. The Morgan fingerprint density at radius 2 is 2.20 bits per heavy atom. The summed E-state index contributed by atoms with van der Waals surface area (Å²) >= 11 is 0. The van der Waals surface area contributed by atoms with E-state index in [1.165, 1.54) is 19.2 Å². The van der Waals surface area contributed by atoms with E-state index >= 15 is 0 Å². The number of hydrogen-bond donors (Lipinski definition) is 1. The van der Waals surface area contributed by atoms with Gasteiger partial charge >= 0.3 is 11.7 Å². The molecule has 0 bridgehead atoms. The minimum absolute atomic E-state index is 0.00498. The third-order valence-electron chi connectivity index (χ3n) is 2.31. The van der Waals surface area contributed by atoms with Crippen LogP contribution in [0.2, 0.25) is 0 Å². The van der Waals surface area contributed by atoms with Gasteiger partial charge in [0.15, 0.2) is 5.69 Å². The summed E-state index contributed by atoms with van der Waals surface area (Å²) in [7, 11) is 1.22. The molecule has 0 amide bonds. The van der Waals surface area contributed by atoms with Gasteiger partial charge in [-0.05, 0) is 19.9 Å². The predicted octanol–water partition coefficient (Wildman–Crippen LogP) is 1.61. The van der Waals surface area contributed by atoms with Gasteiger partial charge < -0.3 is 14.8 Å². The van der Waals surface area contributed by atoms with Crippen molar-refractivity contribution in [3.05, 3.63) is 27.9 Å². The number of carbonyl (C=O) groups is 1. The van der Waals surface area contributed by atoms with Gasteiger partial charge in [0, 0.05) is 12.6 Å². The van der Waals surface area contributed by atoms with E-state index in [0.29, 0.717) is 13.2 Å². The number of carbonyl (C=O) groups excluding carboxylic acids is 1. The second kappa shape index (κ2) is 7.39. The molecule has 0 aliphatic rings. The van der Waals surface area contributed by atoms with E-state index in [0.717, 1.165) is 0 Å². The molecule has 0 saturated heterocycles. The maximum absolute atomic E-state index is 11.4. The highest BCUT2D eigenvalue weighted by Crippen LogP contribution is 2.22. The summed E-state index contributed by atoms with van der Waals surface area (Å²) < 4.78 is 9.84. The SMILES string of the molecule is COC(=O)c1ccc([N+](=O)[O-])c(NCCOC(C)C)n1. The molecule has 0 unspecified atom stereocenters. The van der Waals surface area contributed by atoms with Crippen LogP contribution in [0.4, 0.5) is 11.5 Å². The fraction of sp³-hybridized carbons (Fsp3) is 0.500. The number of nitrogens with zero attached hydrogens (tertiary/aromatic N) is 2. The molecule has 0 fully saturated rings. The van der Waals surface area contributed by atoms with Crippen molar-refractivity contribution < 1.29 is 19.2 Å². The number of anilines is 1. The van der Waals surface area contributed by atoms with Crippen molar-refractivity contribution in [1.82, 2.24) is 4.98 Å². The van der Waals surface area contributed by atoms with Gasteiger partial charge in [0.25, 0.3) is 0 Å². The van der Waals surface area contributed by atoms with Crippen LogP contribution in [0.25, 0.3) is 0 Å². The number of rotatable bonds is 7. The third kappa shape index (κ3) is 4.47. The van der Waals surface area contributed by atoms with Crippen LogP contribution in [0.15, 0.2) is 12.1 Å². The molecule has 8 heteroatoms. The van der Waals surface area contributed by atoms with E-state index in [1.807, 2.05) is 13.8 Å². The minimum atomic E-state index is -0.652. The quantitative estimate of drug-likeness (QED) is 0.351. The second-order valence-corrected chi connectivity index (χ2v) is 4.16. The molecule has 0 aliphatic heterocycles. The normalized spacial score (nSPS) is 10.4. The number of esters is 1. The van der Waals surface area contributed by atoms with Crippen molar-refractivity contribution in [2.75, 3.05) is 25.6 Å². The van der Waals surface area contributed by atoms with E-state index in [9.17, 15) is 14.9 Å². The number of pyridine rings is 1. The first-order valence-electron chi connectivity index (χ1n) is 6.05. The number of ether oxygens (including phenoxy) is 2. The van der Waals surface area contributed by atoms with E-state index in [2.05, 4.69) is 15.0 Å². The van der Waals surface area contributed by atoms with Gasteiger partial charge in [-0.25, -0.2) is 9.78 Å². The molecule has 0 saturated carbocycles. The Morgan fingerprint density at radius 3 is 2.75 bits per heavy atom. The molecule has 1 heterocycles. The van der Waals surface area contributed by atoms with Crippen LogP contribution < -0.4 is 5.32 Å². The molecule has 1 aromatic rings. The van der Waals surface area contributed by atoms with Crippen molar-refractivity contribution >= 4 is 17.5 Å². The van der Waals surface area contributed by atoms with Gasteiger partial charge in [0.05, 0.1) is 24.7 Å². The number of nitrogens with one attached hydrogen (secondary N) is 1. The highest BCUT2D eigenvalue weighted by molar-refractivity contribution is 5.88. The number of nitro groups is 1. The number of hydrogen-bond acceptors (Lipinski definition) is 7. The van der Waals surface area contributed by atoms with Crippen molar-refractivity contribution in [1.29, 1.82) is 0 Å². The summed E-state index contributed by atoms with van der Waals surface area (Å²) in [5.41, 5.74) is -0.201. The lowest BCUT2D eigenvalue weighted by molar-refractivity contribution is -0.384. The fourth-order valence-electron chi connectivity index (χ4n) is 1.41. The zero-order valence-electron chi connectivity index (χ0n) is 11.6. The van der Waals surface area contributed by atoms with Crippen LogP contribution in [0.3, 0.4) is 0 Å². The standard InChI is InChI=1S/C12H17N3O5/c1-8(2)20-7-6-13-11-10(15(17)18)5-4-9(14-11)12(16)19-3/h4-5,8H,6-7H2,1-3H3,(H,13,14). The topological polar surface area (TPSA) is 104 Å². The molecule has 0 spiro atoms. The van der Waals surface area contributed by atoms with Crippen LogP contribution in [0.5, 0.6) is 0 Å². The average molecular weight is 283 g/mol. The van der Waals surface area contributed by atoms with E-state index in [-0.39, 0.29) is 23.3 Å². The lowest BCUT2D eigenvalue weighted by atomic mass is 10.3. The van der Waals surface area contributed by atoms with Crippen LogP contribution in [0.1, 0.15) is 24.3 Å². The van der Waals surface area contributed by atoms with Crippen LogP contribution in [-0.4, -0.2) is 42.2 Å². The number of methoxy groups -OCH3 is 1. The summed E-state index contributed by atoms with van der Waals surface area (Å²) in [5, 5.41) is 13.7. The zero-order valence-corrected chi connectivity index (χ0v) is 11.6. The molecule has 20 heavy (non-hydrogen) atoms. The predicted molar refractivity (Wildman–Crippen MR) is 71.8 cm³/mol. The van der Waals surface area contributed by atoms with Gasteiger partial charge in [0.2, 0.25) is 5.82 Å². The lowest BCUT2D eigenvalue weighted by Crippen LogP contribution is -2.16. The van der Waals surface area contributed by atoms with E-state index in [4.69, 9.17) is 4.74 Å². The van der Waals surface area contributed by atoms with Crippen molar-refractivity contribution in [3.63, 3.8) is 0 Å². The van der Waals surface area contributed by atoms with E-state index in [1.54, 1.807) is 0 Å².